The number of hydrogen-bond donors (Lipinski definition) is 0. The summed E-state index contributed by atoms with van der Waals surface area (Å²) in [6.45, 7) is 11.3. The average molecular weight is 779 g/mol. The molecule has 0 spiro atoms. The number of ether oxygens (including phenoxy) is 3. The summed E-state index contributed by atoms with van der Waals surface area (Å²) in [6, 6.07) is 0. The summed E-state index contributed by atoms with van der Waals surface area (Å²) >= 11 is 0. The van der Waals surface area contributed by atoms with Crippen LogP contribution >= 0.6 is 0 Å². The molecule has 0 saturated carbocycles. The second-order valence-electron chi connectivity index (χ2n) is 17.2. The molecule has 0 aliphatic rings. The molecule has 0 aliphatic carbocycles. The van der Waals surface area contributed by atoms with Crippen molar-refractivity contribution in [1.29, 1.82) is 0 Å². The van der Waals surface area contributed by atoms with Crippen molar-refractivity contribution >= 4 is 17.9 Å². The van der Waals surface area contributed by atoms with E-state index in [1.165, 1.54) is 154 Å². The maximum Gasteiger partial charge on any atom is 0.306 e. The van der Waals surface area contributed by atoms with Crippen molar-refractivity contribution in [2.75, 3.05) is 13.2 Å². The van der Waals surface area contributed by atoms with Gasteiger partial charge in [0.1, 0.15) is 13.2 Å². The highest BCUT2D eigenvalue weighted by molar-refractivity contribution is 5.71. The highest BCUT2D eigenvalue weighted by atomic mass is 16.6. The zero-order chi connectivity index (χ0) is 40.5. The second-order valence-corrected chi connectivity index (χ2v) is 17.2. The highest BCUT2D eigenvalue weighted by Gasteiger charge is 2.19. The SMILES string of the molecule is CCCCCCCCCCCCCCCCCC(=O)O[C@H](COC(=O)CCCCCCCCCCC(C)CC)COC(=O)CCCCCCCCC(C)CC. The van der Waals surface area contributed by atoms with Crippen molar-refractivity contribution in [3.8, 4) is 0 Å². The van der Waals surface area contributed by atoms with Crippen molar-refractivity contribution in [1.82, 2.24) is 0 Å². The van der Waals surface area contributed by atoms with Crippen LogP contribution in [0.2, 0.25) is 0 Å². The van der Waals surface area contributed by atoms with Gasteiger partial charge >= 0.3 is 17.9 Å². The maximum absolute atomic E-state index is 12.7. The average Bonchev–Trinajstić information content (AvgIpc) is 3.18. The number of rotatable bonds is 43. The molecule has 0 fully saturated rings. The summed E-state index contributed by atoms with van der Waals surface area (Å²) in [6.07, 6.45) is 40.8. The van der Waals surface area contributed by atoms with E-state index in [2.05, 4.69) is 34.6 Å². The lowest BCUT2D eigenvalue weighted by molar-refractivity contribution is -0.167. The van der Waals surface area contributed by atoms with Crippen LogP contribution in [-0.4, -0.2) is 37.2 Å². The molecule has 55 heavy (non-hydrogen) atoms. The van der Waals surface area contributed by atoms with E-state index in [1.807, 2.05) is 0 Å². The molecule has 0 rings (SSSR count). The second kappa shape index (κ2) is 42.0. The van der Waals surface area contributed by atoms with Crippen molar-refractivity contribution < 1.29 is 28.6 Å². The van der Waals surface area contributed by atoms with E-state index in [0.717, 1.165) is 69.6 Å². The van der Waals surface area contributed by atoms with Gasteiger partial charge in [-0.2, -0.15) is 0 Å². The topological polar surface area (TPSA) is 78.9 Å². The Hall–Kier alpha value is -1.59. The zero-order valence-electron chi connectivity index (χ0n) is 37.6. The molecule has 0 aromatic rings. The van der Waals surface area contributed by atoms with E-state index in [4.69, 9.17) is 14.2 Å². The van der Waals surface area contributed by atoms with Gasteiger partial charge < -0.3 is 14.2 Å². The van der Waals surface area contributed by atoms with Crippen LogP contribution in [0, 0.1) is 11.8 Å². The molecule has 0 bridgehead atoms. The van der Waals surface area contributed by atoms with Crippen LogP contribution < -0.4 is 0 Å². The number of carbonyl (C=O) groups is 3. The summed E-state index contributed by atoms with van der Waals surface area (Å²) in [7, 11) is 0. The molecule has 0 heterocycles. The molecule has 0 N–H and O–H groups in total. The van der Waals surface area contributed by atoms with Crippen LogP contribution in [0.25, 0.3) is 0 Å². The van der Waals surface area contributed by atoms with Crippen LogP contribution in [0.15, 0.2) is 0 Å². The Morgan fingerprint density at radius 1 is 0.364 bits per heavy atom. The van der Waals surface area contributed by atoms with Gasteiger partial charge in [0.15, 0.2) is 6.10 Å². The molecule has 0 aromatic heterocycles. The third-order valence-corrected chi connectivity index (χ3v) is 11.7. The fourth-order valence-corrected chi connectivity index (χ4v) is 7.22. The summed E-state index contributed by atoms with van der Waals surface area (Å²) in [5, 5.41) is 0. The summed E-state index contributed by atoms with van der Waals surface area (Å²) in [4.78, 5) is 37.8. The van der Waals surface area contributed by atoms with Gasteiger partial charge in [0.2, 0.25) is 0 Å². The minimum atomic E-state index is -0.762. The van der Waals surface area contributed by atoms with Gasteiger partial charge in [0.25, 0.3) is 0 Å². The minimum absolute atomic E-state index is 0.0655. The number of esters is 3. The maximum atomic E-state index is 12.7. The Kier molecular flexibility index (Phi) is 40.8. The first-order valence-electron chi connectivity index (χ1n) is 24.3. The fraction of sp³-hybridized carbons (Fsp3) is 0.939. The Labute approximate surface area is 342 Å². The molecule has 326 valence electrons. The third kappa shape index (κ3) is 40.4. The quantitative estimate of drug-likeness (QED) is 0.0348. The van der Waals surface area contributed by atoms with E-state index in [-0.39, 0.29) is 31.1 Å². The molecule has 6 nitrogen and oxygen atoms in total. The summed E-state index contributed by atoms with van der Waals surface area (Å²) < 4.78 is 16.8. The Morgan fingerprint density at radius 3 is 0.945 bits per heavy atom. The molecule has 0 aliphatic heterocycles. The smallest absolute Gasteiger partial charge is 0.306 e. The molecule has 2 unspecified atom stereocenters. The molecule has 6 heteroatoms. The van der Waals surface area contributed by atoms with E-state index in [9.17, 15) is 14.4 Å². The predicted molar refractivity (Wildman–Crippen MR) is 233 cm³/mol. The van der Waals surface area contributed by atoms with Crippen molar-refractivity contribution in [3.63, 3.8) is 0 Å². The van der Waals surface area contributed by atoms with Gasteiger partial charge in [0.05, 0.1) is 0 Å². The molecule has 3 atom stereocenters. The first-order valence-corrected chi connectivity index (χ1v) is 24.3. The van der Waals surface area contributed by atoms with Gasteiger partial charge in [-0.15, -0.1) is 0 Å². The molecule has 0 amide bonds. The third-order valence-electron chi connectivity index (χ3n) is 11.7. The van der Waals surface area contributed by atoms with Crippen LogP contribution in [-0.2, 0) is 28.6 Å². The van der Waals surface area contributed by atoms with Crippen molar-refractivity contribution in [2.24, 2.45) is 11.8 Å². The Morgan fingerprint density at radius 2 is 0.636 bits per heavy atom. The summed E-state index contributed by atoms with van der Waals surface area (Å²) in [5.41, 5.74) is 0. The highest BCUT2D eigenvalue weighted by Crippen LogP contribution is 2.18. The van der Waals surface area contributed by atoms with Gasteiger partial charge in [-0.1, -0.05) is 227 Å². The van der Waals surface area contributed by atoms with E-state index in [1.54, 1.807) is 0 Å². The largest absolute Gasteiger partial charge is 0.462 e. The van der Waals surface area contributed by atoms with Crippen molar-refractivity contribution in [2.45, 2.75) is 272 Å². The lowest BCUT2D eigenvalue weighted by Crippen LogP contribution is -2.30. The molecular weight excluding hydrogens is 685 g/mol. The van der Waals surface area contributed by atoms with Gasteiger partial charge in [-0.3, -0.25) is 14.4 Å². The molecule has 0 radical (unpaired) electrons. The lowest BCUT2D eigenvalue weighted by Gasteiger charge is -2.18. The van der Waals surface area contributed by atoms with Gasteiger partial charge in [0, 0.05) is 19.3 Å². The number of hydrogen-bond acceptors (Lipinski definition) is 6. The molecule has 0 saturated heterocycles. The normalized spacial score (nSPS) is 13.0. The lowest BCUT2D eigenvalue weighted by atomic mass is 9.99. The predicted octanol–water partition coefficient (Wildman–Crippen LogP) is 15.4. The Bertz CT molecular complexity index is 843. The van der Waals surface area contributed by atoms with Gasteiger partial charge in [-0.25, -0.2) is 0 Å². The molecule has 0 aromatic carbocycles. The standard InChI is InChI=1S/C49H94O6/c1-6-9-10-11-12-13-14-15-16-17-18-19-24-31-36-41-49(52)55-46(43-54-48(51)40-35-30-26-25-28-33-38-45(5)8-3)42-53-47(50)39-34-29-23-21-20-22-27-32-37-44(4)7-2/h44-46H,6-43H2,1-5H3/t44?,45?,46-/m1/s1. The van der Waals surface area contributed by atoms with Crippen LogP contribution in [0.4, 0.5) is 0 Å². The van der Waals surface area contributed by atoms with Crippen LogP contribution in [0.3, 0.4) is 0 Å². The zero-order valence-corrected chi connectivity index (χ0v) is 37.6. The van der Waals surface area contributed by atoms with Crippen LogP contribution in [0.5, 0.6) is 0 Å². The number of unbranched alkanes of at least 4 members (excludes halogenated alkanes) is 26. The monoisotopic (exact) mass is 779 g/mol. The van der Waals surface area contributed by atoms with E-state index < -0.39 is 6.10 Å². The van der Waals surface area contributed by atoms with Crippen molar-refractivity contribution in [3.05, 3.63) is 0 Å². The van der Waals surface area contributed by atoms with Crippen LogP contribution in [0.1, 0.15) is 266 Å². The van der Waals surface area contributed by atoms with Gasteiger partial charge in [-0.05, 0) is 31.1 Å². The fourth-order valence-electron chi connectivity index (χ4n) is 7.22. The minimum Gasteiger partial charge on any atom is -0.462 e. The van der Waals surface area contributed by atoms with E-state index >= 15 is 0 Å². The molecular formula is C49H94O6. The van der Waals surface area contributed by atoms with E-state index in [0.29, 0.717) is 19.3 Å². The first kappa shape index (κ1) is 53.4. The first-order chi connectivity index (χ1) is 26.8. The Balaban J connectivity index is 4.33. The number of carbonyl (C=O) groups excluding carboxylic acids is 3. The summed E-state index contributed by atoms with van der Waals surface area (Å²) in [5.74, 6) is 0.805.